The molecule has 2 rings (SSSR count). The van der Waals surface area contributed by atoms with Crippen LogP contribution < -0.4 is 5.32 Å². The molecule has 2 amide bonds. The van der Waals surface area contributed by atoms with E-state index in [1.54, 1.807) is 0 Å². The molecule has 6 heteroatoms. The van der Waals surface area contributed by atoms with Gasteiger partial charge >= 0.3 is 6.03 Å². The first kappa shape index (κ1) is 16.8. The molecule has 0 aliphatic carbocycles. The van der Waals surface area contributed by atoms with Crippen LogP contribution in [0.1, 0.15) is 45.9 Å². The molecule has 1 saturated heterocycles. The molecule has 0 radical (unpaired) electrons. The summed E-state index contributed by atoms with van der Waals surface area (Å²) in [4.78, 5) is 16.6. The molecule has 1 aliphatic heterocycles. The molecular weight excluding hydrogens is 278 g/mol. The number of aromatic nitrogens is 2. The summed E-state index contributed by atoms with van der Waals surface area (Å²) in [6.45, 7) is 12.8. The van der Waals surface area contributed by atoms with E-state index in [9.17, 15) is 4.79 Å². The average molecular weight is 307 g/mol. The second-order valence-corrected chi connectivity index (χ2v) is 6.15. The summed E-state index contributed by atoms with van der Waals surface area (Å²) in [5.74, 6) is 0. The van der Waals surface area contributed by atoms with Crippen LogP contribution in [0.25, 0.3) is 0 Å². The minimum Gasteiger partial charge on any atom is -0.332 e. The second-order valence-electron chi connectivity index (χ2n) is 6.15. The third-order valence-corrected chi connectivity index (χ3v) is 4.39. The fourth-order valence-corrected chi connectivity index (χ4v) is 3.00. The first-order valence-electron chi connectivity index (χ1n) is 8.36. The molecule has 1 N–H and O–H groups in total. The molecule has 1 aromatic heterocycles. The number of urea groups is 1. The van der Waals surface area contributed by atoms with E-state index in [1.165, 1.54) is 0 Å². The van der Waals surface area contributed by atoms with Gasteiger partial charge in [0, 0.05) is 31.4 Å². The zero-order chi connectivity index (χ0) is 16.1. The van der Waals surface area contributed by atoms with Gasteiger partial charge in [-0.2, -0.15) is 5.10 Å². The summed E-state index contributed by atoms with van der Waals surface area (Å²) in [7, 11) is 0. The SMILES string of the molecule is CCN(CC)C1CCN(C(=O)NCc2ccn(C(C)C)n2)C1. The maximum atomic E-state index is 12.3. The Morgan fingerprint density at radius 2 is 2.18 bits per heavy atom. The number of nitrogens with one attached hydrogen (secondary N) is 1. The topological polar surface area (TPSA) is 53.4 Å². The largest absolute Gasteiger partial charge is 0.332 e. The van der Waals surface area contributed by atoms with Crippen LogP contribution >= 0.6 is 0 Å². The zero-order valence-electron chi connectivity index (χ0n) is 14.2. The monoisotopic (exact) mass is 307 g/mol. The highest BCUT2D eigenvalue weighted by Gasteiger charge is 2.28. The number of amides is 2. The van der Waals surface area contributed by atoms with Crippen molar-refractivity contribution in [2.24, 2.45) is 0 Å². The van der Waals surface area contributed by atoms with Crippen LogP contribution in [0.2, 0.25) is 0 Å². The van der Waals surface area contributed by atoms with Gasteiger partial charge in [-0.1, -0.05) is 13.8 Å². The van der Waals surface area contributed by atoms with Crippen molar-refractivity contribution in [2.75, 3.05) is 26.2 Å². The van der Waals surface area contributed by atoms with Gasteiger partial charge in [-0.3, -0.25) is 9.58 Å². The van der Waals surface area contributed by atoms with Gasteiger partial charge in [-0.05, 0) is 39.4 Å². The molecule has 124 valence electrons. The highest BCUT2D eigenvalue weighted by molar-refractivity contribution is 5.74. The predicted octanol–water partition coefficient (Wildman–Crippen LogP) is 2.09. The van der Waals surface area contributed by atoms with Crippen molar-refractivity contribution in [3.63, 3.8) is 0 Å². The smallest absolute Gasteiger partial charge is 0.317 e. The number of likely N-dealkylation sites (N-methyl/N-ethyl adjacent to an activating group) is 1. The molecule has 1 aromatic rings. The van der Waals surface area contributed by atoms with Crippen LogP contribution in [0.5, 0.6) is 0 Å². The number of hydrogen-bond acceptors (Lipinski definition) is 3. The standard InChI is InChI=1S/C16H29N5O/c1-5-19(6-2)15-8-9-20(12-15)16(22)17-11-14-7-10-21(18-14)13(3)4/h7,10,13,15H,5-6,8-9,11-12H2,1-4H3,(H,17,22). The Bertz CT molecular complexity index is 481. The molecular formula is C16H29N5O. The molecule has 1 aliphatic rings. The average Bonchev–Trinajstić information content (AvgIpc) is 3.15. The van der Waals surface area contributed by atoms with Crippen LogP contribution in [-0.2, 0) is 6.54 Å². The Hall–Kier alpha value is -1.56. The van der Waals surface area contributed by atoms with E-state index in [1.807, 2.05) is 21.8 Å². The van der Waals surface area contributed by atoms with Gasteiger partial charge in [0.05, 0.1) is 12.2 Å². The quantitative estimate of drug-likeness (QED) is 0.875. The van der Waals surface area contributed by atoms with E-state index in [0.717, 1.165) is 38.3 Å². The molecule has 22 heavy (non-hydrogen) atoms. The van der Waals surface area contributed by atoms with Gasteiger partial charge in [0.25, 0.3) is 0 Å². The highest BCUT2D eigenvalue weighted by atomic mass is 16.2. The van der Waals surface area contributed by atoms with Crippen LogP contribution in [0.15, 0.2) is 12.3 Å². The molecule has 6 nitrogen and oxygen atoms in total. The van der Waals surface area contributed by atoms with Crippen molar-refractivity contribution in [2.45, 2.75) is 52.7 Å². The number of carbonyl (C=O) groups is 1. The lowest BCUT2D eigenvalue weighted by atomic mass is 10.2. The van der Waals surface area contributed by atoms with E-state index >= 15 is 0 Å². The van der Waals surface area contributed by atoms with Crippen molar-refractivity contribution in [3.8, 4) is 0 Å². The number of rotatable bonds is 6. The van der Waals surface area contributed by atoms with Gasteiger partial charge in [0.2, 0.25) is 0 Å². The van der Waals surface area contributed by atoms with Gasteiger partial charge in [0.1, 0.15) is 0 Å². The Labute approximate surface area is 133 Å². The Morgan fingerprint density at radius 3 is 2.77 bits per heavy atom. The Balaban J connectivity index is 1.80. The van der Waals surface area contributed by atoms with E-state index in [-0.39, 0.29) is 6.03 Å². The summed E-state index contributed by atoms with van der Waals surface area (Å²) in [5, 5.41) is 7.43. The van der Waals surface area contributed by atoms with Crippen molar-refractivity contribution >= 4 is 6.03 Å². The summed E-state index contributed by atoms with van der Waals surface area (Å²) in [6.07, 6.45) is 3.02. The fourth-order valence-electron chi connectivity index (χ4n) is 3.00. The van der Waals surface area contributed by atoms with E-state index < -0.39 is 0 Å². The van der Waals surface area contributed by atoms with Crippen molar-refractivity contribution in [1.29, 1.82) is 0 Å². The van der Waals surface area contributed by atoms with Gasteiger partial charge in [0.15, 0.2) is 0 Å². The Kier molecular flexibility index (Phi) is 5.83. The summed E-state index contributed by atoms with van der Waals surface area (Å²) in [6, 6.07) is 2.83. The number of nitrogens with zero attached hydrogens (tertiary/aromatic N) is 4. The third-order valence-electron chi connectivity index (χ3n) is 4.39. The first-order valence-corrected chi connectivity index (χ1v) is 8.36. The van der Waals surface area contributed by atoms with Crippen LogP contribution in [-0.4, -0.2) is 57.8 Å². The number of likely N-dealkylation sites (tertiary alicyclic amines) is 1. The lowest BCUT2D eigenvalue weighted by Crippen LogP contribution is -2.42. The van der Waals surface area contributed by atoms with Crippen molar-refractivity contribution in [1.82, 2.24) is 24.9 Å². The molecule has 0 spiro atoms. The molecule has 1 unspecified atom stereocenters. The van der Waals surface area contributed by atoms with E-state index in [4.69, 9.17) is 0 Å². The van der Waals surface area contributed by atoms with Gasteiger partial charge in [-0.25, -0.2) is 4.79 Å². The highest BCUT2D eigenvalue weighted by Crippen LogP contribution is 2.15. The van der Waals surface area contributed by atoms with Crippen molar-refractivity contribution in [3.05, 3.63) is 18.0 Å². The van der Waals surface area contributed by atoms with Gasteiger partial charge in [-0.15, -0.1) is 0 Å². The zero-order valence-corrected chi connectivity index (χ0v) is 14.2. The van der Waals surface area contributed by atoms with Crippen LogP contribution in [0.4, 0.5) is 4.79 Å². The number of carbonyl (C=O) groups excluding carboxylic acids is 1. The lowest BCUT2D eigenvalue weighted by molar-refractivity contribution is 0.192. The molecule has 0 saturated carbocycles. The lowest BCUT2D eigenvalue weighted by Gasteiger charge is -2.26. The van der Waals surface area contributed by atoms with Crippen molar-refractivity contribution < 1.29 is 4.79 Å². The number of hydrogen-bond donors (Lipinski definition) is 1. The van der Waals surface area contributed by atoms with Crippen LogP contribution in [0, 0.1) is 0 Å². The predicted molar refractivity (Wildman–Crippen MR) is 87.7 cm³/mol. The summed E-state index contributed by atoms with van der Waals surface area (Å²) >= 11 is 0. The minimum absolute atomic E-state index is 0.0220. The summed E-state index contributed by atoms with van der Waals surface area (Å²) in [5.41, 5.74) is 0.904. The van der Waals surface area contributed by atoms with Crippen LogP contribution in [0.3, 0.4) is 0 Å². The molecule has 1 atom stereocenters. The van der Waals surface area contributed by atoms with E-state index in [0.29, 0.717) is 18.6 Å². The van der Waals surface area contributed by atoms with Gasteiger partial charge < -0.3 is 10.2 Å². The first-order chi connectivity index (χ1) is 10.5. The maximum Gasteiger partial charge on any atom is 0.317 e. The minimum atomic E-state index is 0.0220. The normalized spacial score (nSPS) is 18.5. The van der Waals surface area contributed by atoms with E-state index in [2.05, 4.69) is 43.0 Å². The fraction of sp³-hybridized carbons (Fsp3) is 0.750. The maximum absolute atomic E-state index is 12.3. The third kappa shape index (κ3) is 4.00. The Morgan fingerprint density at radius 1 is 1.45 bits per heavy atom. The second kappa shape index (κ2) is 7.63. The molecule has 1 fully saturated rings. The molecule has 0 aromatic carbocycles. The summed E-state index contributed by atoms with van der Waals surface area (Å²) < 4.78 is 1.91. The molecule has 0 bridgehead atoms. The molecule has 2 heterocycles.